The number of carbonyl (C=O) groups is 1. The molecule has 154 valence electrons. The van der Waals surface area contributed by atoms with E-state index in [-0.39, 0.29) is 24.4 Å². The Balaban J connectivity index is 0.00000256. The molecule has 30 heavy (non-hydrogen) atoms. The second-order valence-corrected chi connectivity index (χ2v) is 7.33. The second-order valence-electron chi connectivity index (χ2n) is 7.33. The van der Waals surface area contributed by atoms with E-state index in [1.54, 1.807) is 6.08 Å². The van der Waals surface area contributed by atoms with E-state index < -0.39 is 0 Å². The first-order chi connectivity index (χ1) is 14.3. The molecular weight excluding hydrogens is 392 g/mol. The molecular formula is C26H27ClN2O. The van der Waals surface area contributed by atoms with Crippen LogP contribution in [-0.2, 0) is 4.79 Å². The highest BCUT2D eigenvalue weighted by Gasteiger charge is 2.27. The molecule has 0 spiro atoms. The summed E-state index contributed by atoms with van der Waals surface area (Å²) in [4.78, 5) is 17.0. The normalized spacial score (nSPS) is 14.6. The van der Waals surface area contributed by atoms with Crippen LogP contribution in [0.1, 0.15) is 22.7 Å². The summed E-state index contributed by atoms with van der Waals surface area (Å²) in [5.74, 6) is 0.0875. The Bertz CT molecular complexity index is 897. The lowest BCUT2D eigenvalue weighted by molar-refractivity contribution is -0.127. The van der Waals surface area contributed by atoms with E-state index >= 15 is 0 Å². The Morgan fingerprint density at radius 2 is 1.17 bits per heavy atom. The Hall–Kier alpha value is -2.88. The summed E-state index contributed by atoms with van der Waals surface area (Å²) in [5.41, 5.74) is 3.64. The van der Waals surface area contributed by atoms with Gasteiger partial charge >= 0.3 is 0 Å². The predicted molar refractivity (Wildman–Crippen MR) is 126 cm³/mol. The number of rotatable bonds is 5. The predicted octanol–water partition coefficient (Wildman–Crippen LogP) is 5.06. The summed E-state index contributed by atoms with van der Waals surface area (Å²) in [5, 5.41) is 0. The van der Waals surface area contributed by atoms with Crippen LogP contribution in [-0.4, -0.2) is 41.9 Å². The molecule has 0 saturated carbocycles. The summed E-state index contributed by atoms with van der Waals surface area (Å²) in [6, 6.07) is 31.4. The molecule has 0 radical (unpaired) electrons. The highest BCUT2D eigenvalue weighted by atomic mass is 35.5. The van der Waals surface area contributed by atoms with Gasteiger partial charge in [0.05, 0.1) is 6.04 Å². The summed E-state index contributed by atoms with van der Waals surface area (Å²) in [7, 11) is 0. The summed E-state index contributed by atoms with van der Waals surface area (Å²) < 4.78 is 0. The molecule has 3 aromatic rings. The maximum absolute atomic E-state index is 12.6. The topological polar surface area (TPSA) is 23.6 Å². The Kier molecular flexibility index (Phi) is 7.83. The molecule has 0 bridgehead atoms. The van der Waals surface area contributed by atoms with Gasteiger partial charge in [0.2, 0.25) is 5.91 Å². The molecule has 0 atom stereocenters. The number of halogens is 1. The average molecular weight is 419 g/mol. The third kappa shape index (κ3) is 5.38. The second kappa shape index (κ2) is 10.8. The first-order valence-electron chi connectivity index (χ1n) is 10.2. The van der Waals surface area contributed by atoms with E-state index in [0.29, 0.717) is 0 Å². The van der Waals surface area contributed by atoms with Crippen LogP contribution in [0.5, 0.6) is 0 Å². The van der Waals surface area contributed by atoms with Crippen molar-refractivity contribution in [2.75, 3.05) is 26.2 Å². The summed E-state index contributed by atoms with van der Waals surface area (Å²) in [6.45, 7) is 3.21. The lowest BCUT2D eigenvalue weighted by Gasteiger charge is -2.39. The molecule has 0 N–H and O–H groups in total. The minimum atomic E-state index is 0. The highest BCUT2D eigenvalue weighted by Crippen LogP contribution is 2.29. The van der Waals surface area contributed by atoms with Crippen molar-refractivity contribution in [1.82, 2.24) is 9.80 Å². The molecule has 3 aromatic carbocycles. The van der Waals surface area contributed by atoms with E-state index in [1.165, 1.54) is 11.1 Å². The van der Waals surface area contributed by atoms with Crippen LogP contribution in [0.15, 0.2) is 97.1 Å². The van der Waals surface area contributed by atoms with Gasteiger partial charge in [0.15, 0.2) is 0 Å². The molecule has 1 amide bonds. The minimum absolute atomic E-state index is 0. The molecule has 3 nitrogen and oxygen atoms in total. The van der Waals surface area contributed by atoms with Crippen LogP contribution in [0, 0.1) is 0 Å². The molecule has 1 saturated heterocycles. The molecule has 0 unspecified atom stereocenters. The van der Waals surface area contributed by atoms with Crippen molar-refractivity contribution in [3.63, 3.8) is 0 Å². The van der Waals surface area contributed by atoms with Crippen LogP contribution >= 0.6 is 12.4 Å². The molecule has 1 aliphatic rings. The fourth-order valence-corrected chi connectivity index (χ4v) is 3.92. The lowest BCUT2D eigenvalue weighted by Crippen LogP contribution is -2.49. The Morgan fingerprint density at radius 1 is 0.700 bits per heavy atom. The van der Waals surface area contributed by atoms with E-state index in [1.807, 2.05) is 41.3 Å². The molecule has 1 aliphatic heterocycles. The van der Waals surface area contributed by atoms with Crippen LogP contribution in [0.25, 0.3) is 6.08 Å². The SMILES string of the molecule is Cl.O=C(C=Cc1ccccc1)N1CCN(C(c2ccccc2)c2ccccc2)CC1. The minimum Gasteiger partial charge on any atom is -0.337 e. The van der Waals surface area contributed by atoms with Crippen molar-refractivity contribution >= 4 is 24.4 Å². The van der Waals surface area contributed by atoms with Gasteiger partial charge in [-0.15, -0.1) is 12.4 Å². The zero-order chi connectivity index (χ0) is 19.9. The van der Waals surface area contributed by atoms with Gasteiger partial charge in [0.1, 0.15) is 0 Å². The fraction of sp³-hybridized carbons (Fsp3) is 0.192. The van der Waals surface area contributed by atoms with Gasteiger partial charge in [0.25, 0.3) is 0 Å². The van der Waals surface area contributed by atoms with Crippen molar-refractivity contribution in [3.05, 3.63) is 114 Å². The van der Waals surface area contributed by atoms with E-state index in [4.69, 9.17) is 0 Å². The largest absolute Gasteiger partial charge is 0.337 e. The van der Waals surface area contributed by atoms with Gasteiger partial charge in [-0.1, -0.05) is 91.0 Å². The zero-order valence-corrected chi connectivity index (χ0v) is 17.7. The first-order valence-corrected chi connectivity index (χ1v) is 10.2. The number of nitrogens with zero attached hydrogens (tertiary/aromatic N) is 2. The van der Waals surface area contributed by atoms with Crippen LogP contribution in [0.2, 0.25) is 0 Å². The van der Waals surface area contributed by atoms with E-state index in [2.05, 4.69) is 65.6 Å². The molecule has 0 aromatic heterocycles. The van der Waals surface area contributed by atoms with Crippen molar-refractivity contribution in [2.24, 2.45) is 0 Å². The Morgan fingerprint density at radius 3 is 1.67 bits per heavy atom. The molecule has 1 fully saturated rings. The smallest absolute Gasteiger partial charge is 0.246 e. The fourth-order valence-electron chi connectivity index (χ4n) is 3.92. The number of amides is 1. The monoisotopic (exact) mass is 418 g/mol. The van der Waals surface area contributed by atoms with Crippen molar-refractivity contribution in [2.45, 2.75) is 6.04 Å². The number of benzene rings is 3. The number of hydrogen-bond donors (Lipinski definition) is 0. The number of carbonyl (C=O) groups excluding carboxylic acids is 1. The van der Waals surface area contributed by atoms with Gasteiger partial charge in [-0.3, -0.25) is 9.69 Å². The molecule has 0 aliphatic carbocycles. The van der Waals surface area contributed by atoms with Gasteiger partial charge in [-0.2, -0.15) is 0 Å². The maximum atomic E-state index is 12.6. The molecule has 4 heteroatoms. The average Bonchev–Trinajstić information content (AvgIpc) is 2.80. The van der Waals surface area contributed by atoms with Gasteiger partial charge in [0, 0.05) is 32.3 Å². The van der Waals surface area contributed by atoms with Gasteiger partial charge in [-0.05, 0) is 22.8 Å². The van der Waals surface area contributed by atoms with Gasteiger partial charge < -0.3 is 4.90 Å². The number of piperazine rings is 1. The third-order valence-corrected chi connectivity index (χ3v) is 5.44. The zero-order valence-electron chi connectivity index (χ0n) is 16.9. The van der Waals surface area contributed by atoms with Crippen LogP contribution in [0.3, 0.4) is 0 Å². The third-order valence-electron chi connectivity index (χ3n) is 5.44. The van der Waals surface area contributed by atoms with Crippen LogP contribution in [0.4, 0.5) is 0 Å². The lowest BCUT2D eigenvalue weighted by atomic mass is 9.96. The first kappa shape index (κ1) is 21.8. The standard InChI is InChI=1S/C26H26N2O.ClH/c29-25(17-16-22-10-4-1-5-11-22)27-18-20-28(21-19-27)26(23-12-6-2-7-13-23)24-14-8-3-9-15-24;/h1-17,26H,18-21H2;1H. The van der Waals surface area contributed by atoms with Crippen molar-refractivity contribution < 1.29 is 4.79 Å². The quantitative estimate of drug-likeness (QED) is 0.541. The number of hydrogen-bond acceptors (Lipinski definition) is 2. The van der Waals surface area contributed by atoms with Crippen LogP contribution < -0.4 is 0 Å². The summed E-state index contributed by atoms with van der Waals surface area (Å²) in [6.07, 6.45) is 3.59. The Labute approximate surface area is 185 Å². The van der Waals surface area contributed by atoms with Crippen molar-refractivity contribution in [1.29, 1.82) is 0 Å². The van der Waals surface area contributed by atoms with E-state index in [0.717, 1.165) is 31.7 Å². The van der Waals surface area contributed by atoms with E-state index in [9.17, 15) is 4.79 Å². The van der Waals surface area contributed by atoms with Gasteiger partial charge in [-0.25, -0.2) is 0 Å². The molecule has 1 heterocycles. The van der Waals surface area contributed by atoms with Crippen molar-refractivity contribution in [3.8, 4) is 0 Å². The molecule has 4 rings (SSSR count). The summed E-state index contributed by atoms with van der Waals surface area (Å²) >= 11 is 0. The highest BCUT2D eigenvalue weighted by molar-refractivity contribution is 5.91. The maximum Gasteiger partial charge on any atom is 0.246 e.